The van der Waals surface area contributed by atoms with Crippen LogP contribution in [0.3, 0.4) is 0 Å². The largest absolute Gasteiger partial charge is 0.355 e. The van der Waals surface area contributed by atoms with Gasteiger partial charge in [-0.25, -0.2) is 0 Å². The summed E-state index contributed by atoms with van der Waals surface area (Å²) in [7, 11) is 0. The van der Waals surface area contributed by atoms with E-state index in [0.717, 1.165) is 11.4 Å². The fraction of sp³-hybridized carbons (Fsp3) is 0. The Morgan fingerprint density at radius 1 is 0.364 bits per heavy atom. The molecule has 0 unspecified atom stereocenters. The fourth-order valence-electron chi connectivity index (χ4n) is 6.65. The summed E-state index contributed by atoms with van der Waals surface area (Å²) in [6.45, 7) is 0. The highest BCUT2D eigenvalue weighted by Gasteiger charge is 2.15. The number of nitrogens with one attached hydrogen (secondary N) is 1. The van der Waals surface area contributed by atoms with E-state index < -0.39 is 0 Å². The molecule has 2 heteroatoms. The third-order valence-electron chi connectivity index (χ3n) is 8.81. The van der Waals surface area contributed by atoms with Crippen LogP contribution in [-0.2, 0) is 0 Å². The van der Waals surface area contributed by atoms with Crippen molar-refractivity contribution in [3.05, 3.63) is 158 Å². The Kier molecular flexibility index (Phi) is 5.75. The normalized spacial score (nSPS) is 11.6. The van der Waals surface area contributed by atoms with E-state index in [1.807, 2.05) is 11.3 Å². The summed E-state index contributed by atoms with van der Waals surface area (Å²) in [4.78, 5) is 0. The highest BCUT2D eigenvalue weighted by molar-refractivity contribution is 7.26. The number of thiophene rings is 1. The summed E-state index contributed by atoms with van der Waals surface area (Å²) in [5.74, 6) is 0. The lowest BCUT2D eigenvalue weighted by Gasteiger charge is -2.13. The zero-order chi connectivity index (χ0) is 29.0. The van der Waals surface area contributed by atoms with Crippen molar-refractivity contribution in [2.45, 2.75) is 0 Å². The molecule has 0 aliphatic rings. The molecule has 1 aromatic heterocycles. The van der Waals surface area contributed by atoms with E-state index in [1.54, 1.807) is 0 Å². The predicted molar refractivity (Wildman–Crippen MR) is 192 cm³/mol. The minimum Gasteiger partial charge on any atom is -0.355 e. The van der Waals surface area contributed by atoms with Gasteiger partial charge in [-0.15, -0.1) is 11.3 Å². The minimum atomic E-state index is 1.07. The molecule has 9 aromatic rings. The molecule has 1 heterocycles. The van der Waals surface area contributed by atoms with E-state index >= 15 is 0 Å². The molecule has 0 fully saturated rings. The molecule has 0 aliphatic carbocycles. The Morgan fingerprint density at radius 2 is 1.00 bits per heavy atom. The fourth-order valence-corrected chi connectivity index (χ4v) is 7.87. The minimum absolute atomic E-state index is 1.07. The summed E-state index contributed by atoms with van der Waals surface area (Å²) in [5, 5.41) is 14.0. The van der Waals surface area contributed by atoms with Crippen LogP contribution < -0.4 is 5.32 Å². The zero-order valence-corrected chi connectivity index (χ0v) is 24.7. The van der Waals surface area contributed by atoms with Gasteiger partial charge < -0.3 is 5.32 Å². The van der Waals surface area contributed by atoms with Crippen molar-refractivity contribution in [2.24, 2.45) is 0 Å². The quantitative estimate of drug-likeness (QED) is 0.205. The number of hydrogen-bond acceptors (Lipinski definition) is 2. The summed E-state index contributed by atoms with van der Waals surface area (Å²) in [6.07, 6.45) is 0. The van der Waals surface area contributed by atoms with Gasteiger partial charge in [0.2, 0.25) is 0 Å². The maximum Gasteiger partial charge on any atom is 0.0435 e. The van der Waals surface area contributed by atoms with Crippen LogP contribution in [0.4, 0.5) is 11.4 Å². The van der Waals surface area contributed by atoms with Crippen molar-refractivity contribution in [1.29, 1.82) is 0 Å². The monoisotopic (exact) mass is 577 g/mol. The number of rotatable bonds is 4. The topological polar surface area (TPSA) is 12.0 Å². The molecule has 9 rings (SSSR count). The molecule has 0 saturated carbocycles. The molecule has 1 N–H and O–H groups in total. The molecule has 8 aromatic carbocycles. The second-order valence-electron chi connectivity index (χ2n) is 11.5. The molecule has 0 saturated heterocycles. The third-order valence-corrected chi connectivity index (χ3v) is 10.0. The third kappa shape index (κ3) is 4.15. The molecule has 0 radical (unpaired) electrons. The SMILES string of the molecule is c1ccc2c(-c3cc(Nc4ccc(-c5ccc6ccc7ccccc7c6c5)cc4)cc4c3sc3ccccc34)cccc2c1. The van der Waals surface area contributed by atoms with Crippen molar-refractivity contribution in [3.63, 3.8) is 0 Å². The lowest BCUT2D eigenvalue weighted by Crippen LogP contribution is -1.92. The van der Waals surface area contributed by atoms with Crippen molar-refractivity contribution in [1.82, 2.24) is 0 Å². The Hall–Kier alpha value is -5.44. The van der Waals surface area contributed by atoms with E-state index in [0.29, 0.717) is 0 Å². The predicted octanol–water partition coefficient (Wildman–Crippen LogP) is 12.6. The van der Waals surface area contributed by atoms with Crippen LogP contribution in [0.1, 0.15) is 0 Å². The van der Waals surface area contributed by atoms with Gasteiger partial charge >= 0.3 is 0 Å². The smallest absolute Gasteiger partial charge is 0.0435 e. The van der Waals surface area contributed by atoms with Crippen LogP contribution in [0, 0.1) is 0 Å². The maximum atomic E-state index is 3.75. The standard InChI is InChI=1S/C42H27NS/c1-3-11-34-28(8-1)10-7-14-36(34)39-25-33(26-40-37-13-5-6-15-41(37)44-42(39)40)43-32-22-20-27(21-23-32)31-19-18-30-17-16-29-9-2-4-12-35(29)38(30)24-31/h1-26,43H. The van der Waals surface area contributed by atoms with E-state index in [9.17, 15) is 0 Å². The highest BCUT2D eigenvalue weighted by Crippen LogP contribution is 2.44. The first kappa shape index (κ1) is 25.1. The number of anilines is 2. The van der Waals surface area contributed by atoms with Gasteiger partial charge in [-0.3, -0.25) is 0 Å². The number of hydrogen-bond donors (Lipinski definition) is 1. The first-order valence-electron chi connectivity index (χ1n) is 15.0. The second-order valence-corrected chi connectivity index (χ2v) is 12.5. The summed E-state index contributed by atoms with van der Waals surface area (Å²) >= 11 is 1.88. The van der Waals surface area contributed by atoms with E-state index in [-0.39, 0.29) is 0 Å². The van der Waals surface area contributed by atoms with Crippen LogP contribution >= 0.6 is 11.3 Å². The lowest BCUT2D eigenvalue weighted by molar-refractivity contribution is 1.56. The molecule has 0 spiro atoms. The summed E-state index contributed by atoms with van der Waals surface area (Å²) < 4.78 is 2.64. The maximum absolute atomic E-state index is 3.75. The van der Waals surface area contributed by atoms with Gasteiger partial charge in [-0.2, -0.15) is 0 Å². The second kappa shape index (κ2) is 10.1. The Morgan fingerprint density at radius 3 is 1.84 bits per heavy atom. The molecule has 0 aliphatic heterocycles. The average Bonchev–Trinajstić information content (AvgIpc) is 3.46. The van der Waals surface area contributed by atoms with Gasteiger partial charge in [0, 0.05) is 37.1 Å². The van der Waals surface area contributed by atoms with Gasteiger partial charge in [0.15, 0.2) is 0 Å². The highest BCUT2D eigenvalue weighted by atomic mass is 32.1. The molecule has 0 amide bonds. The Balaban J connectivity index is 1.13. The molecule has 1 nitrogen and oxygen atoms in total. The molecule has 44 heavy (non-hydrogen) atoms. The summed E-state index contributed by atoms with van der Waals surface area (Å²) in [6, 6.07) is 57.3. The van der Waals surface area contributed by atoms with Crippen molar-refractivity contribution in [2.75, 3.05) is 5.32 Å². The van der Waals surface area contributed by atoms with Crippen molar-refractivity contribution >= 4 is 75.2 Å². The van der Waals surface area contributed by atoms with Crippen LogP contribution in [-0.4, -0.2) is 0 Å². The van der Waals surface area contributed by atoms with Gasteiger partial charge in [-0.1, -0.05) is 121 Å². The molecule has 0 atom stereocenters. The first-order chi connectivity index (χ1) is 21.8. The first-order valence-corrected chi connectivity index (χ1v) is 15.8. The van der Waals surface area contributed by atoms with Crippen LogP contribution in [0.5, 0.6) is 0 Å². The molecule has 206 valence electrons. The van der Waals surface area contributed by atoms with E-state index in [2.05, 4.69) is 163 Å². The van der Waals surface area contributed by atoms with Gasteiger partial charge in [0.05, 0.1) is 0 Å². The van der Waals surface area contributed by atoms with Gasteiger partial charge in [0.1, 0.15) is 0 Å². The Labute approximate surface area is 259 Å². The van der Waals surface area contributed by atoms with Crippen LogP contribution in [0.15, 0.2) is 158 Å². The Bertz CT molecular complexity index is 2520. The zero-order valence-electron chi connectivity index (χ0n) is 23.9. The van der Waals surface area contributed by atoms with Gasteiger partial charge in [0.25, 0.3) is 0 Å². The lowest BCUT2D eigenvalue weighted by atomic mass is 9.96. The van der Waals surface area contributed by atoms with E-state index in [4.69, 9.17) is 0 Å². The van der Waals surface area contributed by atoms with Crippen LogP contribution in [0.2, 0.25) is 0 Å². The number of benzene rings is 8. The number of fused-ring (bicyclic) bond motifs is 7. The van der Waals surface area contributed by atoms with Crippen molar-refractivity contribution in [3.8, 4) is 22.3 Å². The molecular formula is C42H27NS. The molecule has 0 bridgehead atoms. The van der Waals surface area contributed by atoms with Gasteiger partial charge in [-0.05, 0) is 85.4 Å². The van der Waals surface area contributed by atoms with Crippen LogP contribution in [0.25, 0.3) is 74.7 Å². The van der Waals surface area contributed by atoms with Crippen molar-refractivity contribution < 1.29 is 0 Å². The van der Waals surface area contributed by atoms with E-state index in [1.165, 1.54) is 74.7 Å². The average molecular weight is 578 g/mol. The molecular weight excluding hydrogens is 551 g/mol. The summed E-state index contributed by atoms with van der Waals surface area (Å²) in [5.41, 5.74) is 7.13.